The second-order valence-corrected chi connectivity index (χ2v) is 5.54. The molecule has 0 aliphatic heterocycles. The molecule has 0 aromatic carbocycles. The van der Waals surface area contributed by atoms with Gasteiger partial charge in [-0.25, -0.2) is 13.1 Å². The van der Waals surface area contributed by atoms with Crippen LogP contribution in [0.25, 0.3) is 0 Å². The fourth-order valence-corrected chi connectivity index (χ4v) is 1.78. The Labute approximate surface area is 80.7 Å². The molecule has 0 saturated carbocycles. The summed E-state index contributed by atoms with van der Waals surface area (Å²) in [6.07, 6.45) is 0.736. The van der Waals surface area contributed by atoms with Crippen LogP contribution in [-0.2, 0) is 14.8 Å². The number of hydrogen-bond acceptors (Lipinski definition) is 3. The zero-order chi connectivity index (χ0) is 10.5. The van der Waals surface area contributed by atoms with Gasteiger partial charge < -0.3 is 4.74 Å². The lowest BCUT2D eigenvalue weighted by atomic mass is 10.3. The van der Waals surface area contributed by atoms with E-state index in [2.05, 4.69) is 4.72 Å². The Morgan fingerprint density at radius 3 is 2.23 bits per heavy atom. The van der Waals surface area contributed by atoms with Gasteiger partial charge in [0, 0.05) is 13.2 Å². The van der Waals surface area contributed by atoms with Gasteiger partial charge in [-0.1, -0.05) is 6.92 Å². The number of sulfonamides is 1. The second kappa shape index (κ2) is 5.57. The SMILES string of the molecule is CCC(COC)NS(=O)(=O)C(C)C. The highest BCUT2D eigenvalue weighted by Gasteiger charge is 2.19. The molecule has 13 heavy (non-hydrogen) atoms. The summed E-state index contributed by atoms with van der Waals surface area (Å²) in [6.45, 7) is 5.65. The average molecular weight is 209 g/mol. The van der Waals surface area contributed by atoms with Crippen molar-refractivity contribution in [2.75, 3.05) is 13.7 Å². The van der Waals surface area contributed by atoms with E-state index in [4.69, 9.17) is 4.74 Å². The smallest absolute Gasteiger partial charge is 0.214 e. The summed E-state index contributed by atoms with van der Waals surface area (Å²) in [5.41, 5.74) is 0. The second-order valence-electron chi connectivity index (χ2n) is 3.27. The lowest BCUT2D eigenvalue weighted by molar-refractivity contribution is 0.173. The van der Waals surface area contributed by atoms with E-state index in [9.17, 15) is 8.42 Å². The normalized spacial score (nSPS) is 14.8. The number of hydrogen-bond donors (Lipinski definition) is 1. The van der Waals surface area contributed by atoms with Crippen LogP contribution in [0.4, 0.5) is 0 Å². The van der Waals surface area contributed by atoms with Gasteiger partial charge in [0.25, 0.3) is 0 Å². The van der Waals surface area contributed by atoms with Crippen molar-refractivity contribution in [3.8, 4) is 0 Å². The third-order valence-electron chi connectivity index (χ3n) is 1.81. The Morgan fingerprint density at radius 2 is 1.92 bits per heavy atom. The highest BCUT2D eigenvalue weighted by molar-refractivity contribution is 7.90. The van der Waals surface area contributed by atoms with Gasteiger partial charge in [0.2, 0.25) is 10.0 Å². The lowest BCUT2D eigenvalue weighted by Gasteiger charge is -2.17. The highest BCUT2D eigenvalue weighted by Crippen LogP contribution is 2.00. The van der Waals surface area contributed by atoms with Gasteiger partial charge in [0.15, 0.2) is 0 Å². The number of rotatable bonds is 6. The molecule has 0 aromatic heterocycles. The first-order valence-corrected chi connectivity index (χ1v) is 5.98. The first-order valence-electron chi connectivity index (χ1n) is 4.44. The van der Waals surface area contributed by atoms with E-state index < -0.39 is 15.3 Å². The maximum atomic E-state index is 11.4. The molecule has 5 heteroatoms. The summed E-state index contributed by atoms with van der Waals surface area (Å²) in [5.74, 6) is 0. The van der Waals surface area contributed by atoms with Gasteiger partial charge in [0.1, 0.15) is 0 Å². The summed E-state index contributed by atoms with van der Waals surface area (Å²) in [7, 11) is -1.60. The van der Waals surface area contributed by atoms with Gasteiger partial charge in [-0.15, -0.1) is 0 Å². The molecule has 0 aliphatic carbocycles. The third kappa shape index (κ3) is 4.59. The molecule has 4 nitrogen and oxygen atoms in total. The van der Waals surface area contributed by atoms with Gasteiger partial charge in [-0.2, -0.15) is 0 Å². The fourth-order valence-electron chi connectivity index (χ4n) is 0.805. The number of nitrogens with one attached hydrogen (secondary N) is 1. The zero-order valence-electron chi connectivity index (χ0n) is 8.70. The minimum absolute atomic E-state index is 0.114. The first-order chi connectivity index (χ1) is 5.94. The van der Waals surface area contributed by atoms with Gasteiger partial charge in [-0.3, -0.25) is 0 Å². The van der Waals surface area contributed by atoms with E-state index in [-0.39, 0.29) is 6.04 Å². The van der Waals surface area contributed by atoms with E-state index in [0.29, 0.717) is 6.61 Å². The third-order valence-corrected chi connectivity index (χ3v) is 3.72. The standard InChI is InChI=1S/C8H19NO3S/c1-5-8(6-12-4)9-13(10,11)7(2)3/h7-9H,5-6H2,1-4H3. The Hall–Kier alpha value is -0.130. The summed E-state index contributed by atoms with van der Waals surface area (Å²) >= 11 is 0. The van der Waals surface area contributed by atoms with Crippen molar-refractivity contribution in [3.63, 3.8) is 0 Å². The van der Waals surface area contributed by atoms with Gasteiger partial charge >= 0.3 is 0 Å². The summed E-state index contributed by atoms with van der Waals surface area (Å²) in [6, 6.07) is -0.114. The molecule has 0 spiro atoms. The minimum atomic E-state index is -3.16. The molecular formula is C8H19NO3S. The van der Waals surface area contributed by atoms with E-state index in [1.54, 1.807) is 21.0 Å². The summed E-state index contributed by atoms with van der Waals surface area (Å²) in [4.78, 5) is 0. The molecule has 0 aromatic rings. The molecule has 0 bridgehead atoms. The Bertz CT molecular complexity index is 224. The van der Waals surface area contributed by atoms with Crippen molar-refractivity contribution in [1.29, 1.82) is 0 Å². The van der Waals surface area contributed by atoms with Crippen LogP contribution in [-0.4, -0.2) is 33.4 Å². The predicted octanol–water partition coefficient (Wildman–Crippen LogP) is 0.739. The van der Waals surface area contributed by atoms with Crippen molar-refractivity contribution in [2.45, 2.75) is 38.5 Å². The molecule has 0 radical (unpaired) electrons. The quantitative estimate of drug-likeness (QED) is 0.702. The Kier molecular flexibility index (Phi) is 5.51. The van der Waals surface area contributed by atoms with Crippen LogP contribution in [0.2, 0.25) is 0 Å². The maximum absolute atomic E-state index is 11.4. The van der Waals surface area contributed by atoms with Crippen molar-refractivity contribution in [1.82, 2.24) is 4.72 Å². The van der Waals surface area contributed by atoms with E-state index >= 15 is 0 Å². The lowest BCUT2D eigenvalue weighted by Crippen LogP contribution is -2.41. The summed E-state index contributed by atoms with van der Waals surface area (Å²) in [5, 5.41) is -0.390. The molecular weight excluding hydrogens is 190 g/mol. The maximum Gasteiger partial charge on any atom is 0.214 e. The van der Waals surface area contributed by atoms with Crippen molar-refractivity contribution >= 4 is 10.0 Å². The summed E-state index contributed by atoms with van der Waals surface area (Å²) < 4.78 is 30.3. The van der Waals surface area contributed by atoms with Gasteiger partial charge in [0.05, 0.1) is 11.9 Å². The molecule has 1 atom stereocenters. The zero-order valence-corrected chi connectivity index (χ0v) is 9.52. The molecule has 0 fully saturated rings. The number of methoxy groups -OCH3 is 1. The van der Waals surface area contributed by atoms with Crippen LogP contribution in [0, 0.1) is 0 Å². The molecule has 1 N–H and O–H groups in total. The fraction of sp³-hybridized carbons (Fsp3) is 1.00. The van der Waals surface area contributed by atoms with E-state index in [1.165, 1.54) is 0 Å². The average Bonchev–Trinajstić information content (AvgIpc) is 2.03. The van der Waals surface area contributed by atoms with Crippen LogP contribution in [0.3, 0.4) is 0 Å². The van der Waals surface area contributed by atoms with Crippen LogP contribution in [0.1, 0.15) is 27.2 Å². The topological polar surface area (TPSA) is 55.4 Å². The van der Waals surface area contributed by atoms with Crippen molar-refractivity contribution < 1.29 is 13.2 Å². The molecule has 0 amide bonds. The largest absolute Gasteiger partial charge is 0.383 e. The van der Waals surface area contributed by atoms with Crippen LogP contribution in [0.5, 0.6) is 0 Å². The van der Waals surface area contributed by atoms with E-state index in [1.807, 2.05) is 6.92 Å². The molecule has 0 saturated heterocycles. The van der Waals surface area contributed by atoms with Crippen LogP contribution in [0.15, 0.2) is 0 Å². The van der Waals surface area contributed by atoms with E-state index in [0.717, 1.165) is 6.42 Å². The minimum Gasteiger partial charge on any atom is -0.383 e. The highest BCUT2D eigenvalue weighted by atomic mass is 32.2. The van der Waals surface area contributed by atoms with Crippen molar-refractivity contribution in [3.05, 3.63) is 0 Å². The molecule has 0 aliphatic rings. The molecule has 0 rings (SSSR count). The molecule has 1 unspecified atom stereocenters. The molecule has 80 valence electrons. The van der Waals surface area contributed by atoms with Gasteiger partial charge in [-0.05, 0) is 20.3 Å². The van der Waals surface area contributed by atoms with Crippen molar-refractivity contribution in [2.24, 2.45) is 0 Å². The Morgan fingerprint density at radius 1 is 1.38 bits per heavy atom. The predicted molar refractivity (Wildman–Crippen MR) is 53.1 cm³/mol. The van der Waals surface area contributed by atoms with Crippen LogP contribution < -0.4 is 4.72 Å². The first kappa shape index (κ1) is 12.9. The van der Waals surface area contributed by atoms with Crippen LogP contribution >= 0.6 is 0 Å². The monoisotopic (exact) mass is 209 g/mol. The number of ether oxygens (including phenoxy) is 1. The Balaban J connectivity index is 4.23. The molecule has 0 heterocycles.